The zero-order chi connectivity index (χ0) is 26.8. The fourth-order valence-electron chi connectivity index (χ4n) is 5.35. The van der Waals surface area contributed by atoms with E-state index in [0.717, 1.165) is 27.7 Å². The van der Waals surface area contributed by atoms with Crippen LogP contribution in [-0.2, 0) is 13.5 Å². The van der Waals surface area contributed by atoms with Gasteiger partial charge in [0.1, 0.15) is 5.58 Å². The zero-order valence-electron chi connectivity index (χ0n) is 21.2. The van der Waals surface area contributed by atoms with E-state index in [0.29, 0.717) is 45.5 Å². The average molecular weight is 532 g/mol. The van der Waals surface area contributed by atoms with Crippen LogP contribution >= 0.6 is 11.6 Å². The number of rotatable bonds is 4. The molecule has 0 radical (unpaired) electrons. The van der Waals surface area contributed by atoms with Crippen molar-refractivity contribution in [2.24, 2.45) is 7.05 Å². The Morgan fingerprint density at radius 2 is 1.64 bits per heavy atom. The minimum absolute atomic E-state index is 0.117. The van der Waals surface area contributed by atoms with Gasteiger partial charge in [-0.2, -0.15) is 0 Å². The molecule has 0 N–H and O–H groups in total. The summed E-state index contributed by atoms with van der Waals surface area (Å²) in [5.41, 5.74) is 5.58. The van der Waals surface area contributed by atoms with E-state index >= 15 is 0 Å². The number of para-hydroxylation sites is 2. The van der Waals surface area contributed by atoms with Gasteiger partial charge in [0.25, 0.3) is 0 Å². The molecule has 6 aromatic rings. The molecule has 1 aliphatic rings. The maximum absolute atomic E-state index is 13.4. The molecule has 0 saturated heterocycles. The third-order valence-corrected chi connectivity index (χ3v) is 7.72. The fourth-order valence-corrected chi connectivity index (χ4v) is 5.65. The van der Waals surface area contributed by atoms with Crippen molar-refractivity contribution in [2.45, 2.75) is 13.3 Å². The van der Waals surface area contributed by atoms with Gasteiger partial charge in [-0.3, -0.25) is 14.2 Å². The van der Waals surface area contributed by atoms with Crippen molar-refractivity contribution in [3.63, 3.8) is 0 Å². The van der Waals surface area contributed by atoms with Crippen molar-refractivity contribution < 1.29 is 14.0 Å². The number of aromatic nitrogens is 3. The summed E-state index contributed by atoms with van der Waals surface area (Å²) >= 11 is 6.38. The van der Waals surface area contributed by atoms with Crippen LogP contribution in [0.15, 0.2) is 88.9 Å². The zero-order valence-corrected chi connectivity index (χ0v) is 22.0. The lowest BCUT2D eigenvalue weighted by atomic mass is 10.0. The second-order valence-electron chi connectivity index (χ2n) is 9.65. The Bertz CT molecular complexity index is 1970. The van der Waals surface area contributed by atoms with E-state index in [1.807, 2.05) is 89.8 Å². The van der Waals surface area contributed by atoms with Crippen LogP contribution in [0, 0.1) is 0 Å². The molecule has 0 bridgehead atoms. The van der Waals surface area contributed by atoms with Gasteiger partial charge >= 0.3 is 0 Å². The Balaban J connectivity index is 1.42. The van der Waals surface area contributed by atoms with Crippen molar-refractivity contribution in [2.75, 3.05) is 0 Å². The van der Waals surface area contributed by atoms with Gasteiger partial charge in [0.15, 0.2) is 28.8 Å². The summed E-state index contributed by atoms with van der Waals surface area (Å²) in [6.45, 7) is 1.97. The Morgan fingerprint density at radius 1 is 0.923 bits per heavy atom. The number of carbonyl (C=O) groups is 2. The highest BCUT2D eigenvalue weighted by Gasteiger charge is 2.34. The van der Waals surface area contributed by atoms with Crippen LogP contribution in [0.25, 0.3) is 45.5 Å². The van der Waals surface area contributed by atoms with Gasteiger partial charge < -0.3 is 8.98 Å². The molecular formula is C32H22ClN3O3. The van der Waals surface area contributed by atoms with E-state index < -0.39 is 0 Å². The van der Waals surface area contributed by atoms with Crippen molar-refractivity contribution >= 4 is 51.4 Å². The van der Waals surface area contributed by atoms with Crippen molar-refractivity contribution in [1.82, 2.24) is 14.1 Å². The predicted molar refractivity (Wildman–Crippen MR) is 153 cm³/mol. The highest BCUT2D eigenvalue weighted by molar-refractivity contribution is 6.42. The first-order chi connectivity index (χ1) is 18.9. The molecule has 6 nitrogen and oxygen atoms in total. The second-order valence-corrected chi connectivity index (χ2v) is 10.1. The van der Waals surface area contributed by atoms with E-state index in [-0.39, 0.29) is 17.1 Å². The van der Waals surface area contributed by atoms with Gasteiger partial charge in [-0.25, -0.2) is 4.98 Å². The Morgan fingerprint density at radius 3 is 2.38 bits per heavy atom. The summed E-state index contributed by atoms with van der Waals surface area (Å²) in [6, 6.07) is 24.9. The molecule has 3 heterocycles. The monoisotopic (exact) mass is 531 g/mol. The number of allylic oxidation sites excluding steroid dienone is 1. The van der Waals surface area contributed by atoms with Crippen LogP contribution < -0.4 is 0 Å². The number of nitrogens with zero attached hydrogens (tertiary/aromatic N) is 3. The number of Topliss-reactive ketones (excluding diaryl/α,β-unsaturated/α-hetero) is 2. The molecule has 7 rings (SSSR count). The summed E-state index contributed by atoms with van der Waals surface area (Å²) in [4.78, 5) is 31.8. The van der Waals surface area contributed by atoms with Crippen LogP contribution in [0.5, 0.6) is 0 Å². The van der Waals surface area contributed by atoms with Gasteiger partial charge in [-0.1, -0.05) is 54.9 Å². The minimum Gasteiger partial charge on any atom is -0.453 e. The van der Waals surface area contributed by atoms with Crippen LogP contribution in [0.1, 0.15) is 38.9 Å². The molecule has 0 saturated carbocycles. The third-order valence-electron chi connectivity index (χ3n) is 7.37. The van der Waals surface area contributed by atoms with Gasteiger partial charge in [-0.15, -0.1) is 0 Å². The lowest BCUT2D eigenvalue weighted by Gasteiger charge is -2.07. The fraction of sp³-hybridized carbons (Fsp3) is 0.0938. The van der Waals surface area contributed by atoms with Crippen LogP contribution in [0.2, 0.25) is 5.02 Å². The molecule has 0 spiro atoms. The largest absolute Gasteiger partial charge is 0.453 e. The van der Waals surface area contributed by atoms with Gasteiger partial charge in [0.05, 0.1) is 16.8 Å². The standard InChI is InChI=1S/C32H22ClN3O3/c1-3-18-13-22-23(17-25(18)33)30(38)24(29(22)37)15-21-16-26-31(36(21)20-10-5-4-6-11-20)34-32(35(26)2)28-14-19-9-7-8-12-27(19)39-28/h4-17H,3H2,1-2H3/b24-15-. The van der Waals surface area contributed by atoms with Gasteiger partial charge in [0.2, 0.25) is 0 Å². The van der Waals surface area contributed by atoms with E-state index in [1.165, 1.54) is 0 Å². The van der Waals surface area contributed by atoms with Crippen molar-refractivity contribution in [3.8, 4) is 17.3 Å². The van der Waals surface area contributed by atoms with Crippen LogP contribution in [-0.4, -0.2) is 25.7 Å². The molecule has 0 aliphatic heterocycles. The Labute approximate surface area is 228 Å². The lowest BCUT2D eigenvalue weighted by Crippen LogP contribution is -2.03. The number of carbonyl (C=O) groups excluding carboxylic acids is 2. The first-order valence-electron chi connectivity index (χ1n) is 12.7. The number of benzene rings is 3. The molecule has 1 aliphatic carbocycles. The molecule has 3 aromatic carbocycles. The second kappa shape index (κ2) is 8.68. The van der Waals surface area contributed by atoms with E-state index in [2.05, 4.69) is 0 Å². The van der Waals surface area contributed by atoms with Crippen molar-refractivity contribution in [1.29, 1.82) is 0 Å². The Hall–Kier alpha value is -4.68. The first-order valence-corrected chi connectivity index (χ1v) is 13.1. The van der Waals surface area contributed by atoms with E-state index in [1.54, 1.807) is 18.2 Å². The smallest absolute Gasteiger partial charge is 0.197 e. The summed E-state index contributed by atoms with van der Waals surface area (Å²) < 4.78 is 10.0. The predicted octanol–water partition coefficient (Wildman–Crippen LogP) is 7.46. The van der Waals surface area contributed by atoms with Gasteiger partial charge in [0, 0.05) is 34.3 Å². The maximum atomic E-state index is 13.4. The Kier molecular flexibility index (Phi) is 5.22. The topological polar surface area (TPSA) is 70.0 Å². The number of ketones is 2. The summed E-state index contributed by atoms with van der Waals surface area (Å²) in [6.07, 6.45) is 2.34. The molecule has 0 amide bonds. The SMILES string of the molecule is CCc1cc2c(cc1Cl)C(=O)/C(=C\c1cc3c(nc(-c4cc5ccccc5o4)n3C)n1-c1ccccc1)C2=O. The molecule has 7 heteroatoms. The van der Waals surface area contributed by atoms with Gasteiger partial charge in [-0.05, 0) is 60.5 Å². The highest BCUT2D eigenvalue weighted by Crippen LogP contribution is 2.36. The number of fused-ring (bicyclic) bond motifs is 3. The number of hydrogen-bond acceptors (Lipinski definition) is 4. The number of hydrogen-bond donors (Lipinski definition) is 0. The van der Waals surface area contributed by atoms with Crippen LogP contribution in [0.4, 0.5) is 0 Å². The molecule has 0 fully saturated rings. The maximum Gasteiger partial charge on any atom is 0.197 e. The van der Waals surface area contributed by atoms with E-state index in [9.17, 15) is 9.59 Å². The highest BCUT2D eigenvalue weighted by atomic mass is 35.5. The normalized spacial score (nSPS) is 14.3. The third kappa shape index (κ3) is 3.52. The van der Waals surface area contributed by atoms with Crippen LogP contribution in [0.3, 0.4) is 0 Å². The molecule has 0 unspecified atom stereocenters. The lowest BCUT2D eigenvalue weighted by molar-refractivity contribution is 0.0990. The summed E-state index contributed by atoms with van der Waals surface area (Å²) in [5, 5.41) is 1.50. The van der Waals surface area contributed by atoms with E-state index in [4.69, 9.17) is 21.0 Å². The summed E-state index contributed by atoms with van der Waals surface area (Å²) in [5.74, 6) is 0.736. The summed E-state index contributed by atoms with van der Waals surface area (Å²) in [7, 11) is 1.93. The van der Waals surface area contributed by atoms with Crippen molar-refractivity contribution in [3.05, 3.63) is 112 Å². The number of halogens is 1. The number of imidazole rings is 1. The molecule has 3 aromatic heterocycles. The molecule has 0 atom stereocenters. The first kappa shape index (κ1) is 23.4. The molecular weight excluding hydrogens is 510 g/mol. The quantitative estimate of drug-likeness (QED) is 0.175. The number of furan rings is 1. The average Bonchev–Trinajstić information content (AvgIpc) is 3.67. The molecule has 190 valence electrons. The minimum atomic E-state index is -0.319. The number of aryl methyl sites for hydroxylation is 2. The molecule has 39 heavy (non-hydrogen) atoms.